The van der Waals surface area contributed by atoms with E-state index in [9.17, 15) is 18.4 Å². The lowest BCUT2D eigenvalue weighted by Crippen LogP contribution is -2.18. The summed E-state index contributed by atoms with van der Waals surface area (Å²) in [6.07, 6.45) is 0. The fourth-order valence-electron chi connectivity index (χ4n) is 3.69. The first-order chi connectivity index (χ1) is 16.9. The van der Waals surface area contributed by atoms with Crippen LogP contribution >= 0.6 is 58.0 Å². The second-order valence-electron chi connectivity index (χ2n) is 7.80. The molecule has 0 saturated heterocycles. The third-order valence-corrected chi connectivity index (χ3v) is 7.30. The van der Waals surface area contributed by atoms with Gasteiger partial charge in [-0.3, -0.25) is 9.59 Å². The normalized spacial score (nSPS) is 17.9. The molecule has 36 heavy (non-hydrogen) atoms. The van der Waals surface area contributed by atoms with Gasteiger partial charge < -0.3 is 15.5 Å². The second kappa shape index (κ2) is 10.2. The van der Waals surface area contributed by atoms with Crippen LogP contribution in [0.3, 0.4) is 0 Å². The van der Waals surface area contributed by atoms with Gasteiger partial charge in [-0.05, 0) is 48.0 Å². The Bertz CT molecular complexity index is 1370. The maximum atomic E-state index is 13.9. The predicted octanol–water partition coefficient (Wildman–Crippen LogP) is 7.56. The number of amides is 2. The van der Waals surface area contributed by atoms with E-state index in [-0.39, 0.29) is 37.8 Å². The summed E-state index contributed by atoms with van der Waals surface area (Å²) in [5, 5.41) is 13.8. The Hall–Kier alpha value is -2.33. The van der Waals surface area contributed by atoms with E-state index >= 15 is 0 Å². The van der Waals surface area contributed by atoms with E-state index in [1.807, 2.05) is 0 Å². The van der Waals surface area contributed by atoms with Gasteiger partial charge in [-0.2, -0.15) is 0 Å². The summed E-state index contributed by atoms with van der Waals surface area (Å²) >= 11 is 30.9. The van der Waals surface area contributed by atoms with Crippen LogP contribution in [0.5, 0.6) is 5.75 Å². The number of halogens is 7. The quantitative estimate of drug-likeness (QED) is 0.156. The third-order valence-electron chi connectivity index (χ3n) is 5.46. The minimum atomic E-state index is -1.49. The molecule has 2 amide bonds. The van der Waals surface area contributed by atoms with Crippen LogP contribution in [0.15, 0.2) is 48.5 Å². The summed E-state index contributed by atoms with van der Waals surface area (Å²) in [6, 6.07) is 9.57. The van der Waals surface area contributed by atoms with Crippen LogP contribution in [-0.4, -0.2) is 21.4 Å². The standard InChI is InChI=1S/C23H13Cl5F2N2O4/c24-13-3-2-11(8-12(13)21(33)32-17-4-1-10(29)7-16(17)30)31-22(34)19-18(23(19,27)28)9-5-14(25)20(36-35)15(26)6-9/h1-8,18-19,35H,(H,31,34)(H,32,33). The topological polar surface area (TPSA) is 87.7 Å². The van der Waals surface area contributed by atoms with E-state index < -0.39 is 39.6 Å². The van der Waals surface area contributed by atoms with Crippen LogP contribution in [0.4, 0.5) is 20.2 Å². The average molecular weight is 597 g/mol. The first kappa shape index (κ1) is 26.7. The molecule has 13 heteroatoms. The number of benzene rings is 3. The lowest BCUT2D eigenvalue weighted by Gasteiger charge is -2.11. The Balaban J connectivity index is 1.52. The lowest BCUT2D eigenvalue weighted by atomic mass is 10.1. The molecule has 6 nitrogen and oxygen atoms in total. The maximum absolute atomic E-state index is 13.9. The van der Waals surface area contributed by atoms with Crippen LogP contribution in [0.1, 0.15) is 21.8 Å². The van der Waals surface area contributed by atoms with Gasteiger partial charge in [0, 0.05) is 17.7 Å². The van der Waals surface area contributed by atoms with Crippen molar-refractivity contribution in [2.75, 3.05) is 10.6 Å². The van der Waals surface area contributed by atoms with E-state index in [0.29, 0.717) is 11.6 Å². The van der Waals surface area contributed by atoms with Crippen molar-refractivity contribution < 1.29 is 28.5 Å². The van der Waals surface area contributed by atoms with Crippen LogP contribution < -0.4 is 15.5 Å². The fourth-order valence-corrected chi connectivity index (χ4v) is 5.30. The molecule has 1 saturated carbocycles. The number of hydrogen-bond acceptors (Lipinski definition) is 4. The van der Waals surface area contributed by atoms with Gasteiger partial charge in [0.25, 0.3) is 5.91 Å². The zero-order valence-corrected chi connectivity index (χ0v) is 21.4. The van der Waals surface area contributed by atoms with E-state index in [1.165, 1.54) is 30.3 Å². The van der Waals surface area contributed by atoms with Crippen molar-refractivity contribution >= 4 is 81.2 Å². The molecule has 2 unspecified atom stereocenters. The summed E-state index contributed by atoms with van der Waals surface area (Å²) in [4.78, 5) is 29.8. The summed E-state index contributed by atoms with van der Waals surface area (Å²) in [6.45, 7) is 0. The SMILES string of the molecule is O=C(Nc1ccc(F)cc1F)c1cc(NC(=O)C2C(c3cc(Cl)c(OO)c(Cl)c3)C2(Cl)Cl)ccc1Cl. The molecule has 3 N–H and O–H groups in total. The van der Waals surface area contributed by atoms with Crippen LogP contribution in [-0.2, 0) is 4.79 Å². The molecule has 0 bridgehead atoms. The molecule has 188 valence electrons. The van der Waals surface area contributed by atoms with Crippen molar-refractivity contribution in [3.8, 4) is 5.75 Å². The van der Waals surface area contributed by atoms with Crippen molar-refractivity contribution in [3.63, 3.8) is 0 Å². The smallest absolute Gasteiger partial charge is 0.257 e. The highest BCUT2D eigenvalue weighted by molar-refractivity contribution is 6.53. The molecule has 3 aromatic carbocycles. The van der Waals surface area contributed by atoms with Crippen LogP contribution in [0.2, 0.25) is 15.1 Å². The molecule has 0 aliphatic heterocycles. The Labute approximate surface area is 227 Å². The van der Waals surface area contributed by atoms with E-state index in [0.717, 1.165) is 12.1 Å². The highest BCUT2D eigenvalue weighted by atomic mass is 35.5. The molecule has 0 spiro atoms. The van der Waals surface area contributed by atoms with Gasteiger partial charge in [0.15, 0.2) is 0 Å². The van der Waals surface area contributed by atoms with Crippen molar-refractivity contribution in [1.29, 1.82) is 0 Å². The Morgan fingerprint density at radius 3 is 2.19 bits per heavy atom. The fraction of sp³-hybridized carbons (Fsp3) is 0.130. The van der Waals surface area contributed by atoms with Gasteiger partial charge in [-0.25, -0.2) is 14.0 Å². The average Bonchev–Trinajstić information content (AvgIpc) is 3.38. The van der Waals surface area contributed by atoms with Crippen molar-refractivity contribution in [2.24, 2.45) is 5.92 Å². The molecule has 3 aromatic rings. The van der Waals surface area contributed by atoms with Crippen molar-refractivity contribution in [1.82, 2.24) is 0 Å². The van der Waals surface area contributed by atoms with E-state index in [1.54, 1.807) is 0 Å². The summed E-state index contributed by atoms with van der Waals surface area (Å²) < 4.78 is 25.5. The third kappa shape index (κ3) is 5.20. The van der Waals surface area contributed by atoms with E-state index in [2.05, 4.69) is 15.5 Å². The highest BCUT2D eigenvalue weighted by Gasteiger charge is 2.67. The number of anilines is 2. The lowest BCUT2D eigenvalue weighted by molar-refractivity contribution is -0.137. The predicted molar refractivity (Wildman–Crippen MR) is 135 cm³/mol. The minimum Gasteiger partial charge on any atom is -0.337 e. The van der Waals surface area contributed by atoms with Crippen LogP contribution in [0, 0.1) is 17.6 Å². The molecule has 0 radical (unpaired) electrons. The molecular formula is C23H13Cl5F2N2O4. The van der Waals surface area contributed by atoms with Gasteiger partial charge in [0.1, 0.15) is 16.0 Å². The van der Waals surface area contributed by atoms with Gasteiger partial charge in [0.05, 0.1) is 32.2 Å². The number of nitrogens with one attached hydrogen (secondary N) is 2. The number of rotatable bonds is 6. The molecule has 1 aliphatic carbocycles. The first-order valence-corrected chi connectivity index (χ1v) is 11.9. The van der Waals surface area contributed by atoms with Crippen molar-refractivity contribution in [2.45, 2.75) is 10.3 Å². The molecule has 1 aliphatic rings. The molecule has 0 heterocycles. The molecule has 1 fully saturated rings. The maximum Gasteiger partial charge on any atom is 0.257 e. The van der Waals surface area contributed by atoms with Gasteiger partial charge in [0.2, 0.25) is 11.7 Å². The number of carbonyl (C=O) groups is 2. The molecular weight excluding hydrogens is 584 g/mol. The van der Waals surface area contributed by atoms with Crippen molar-refractivity contribution in [3.05, 3.63) is 86.4 Å². The van der Waals surface area contributed by atoms with Gasteiger partial charge in [-0.15, -0.1) is 23.2 Å². The van der Waals surface area contributed by atoms with Gasteiger partial charge >= 0.3 is 0 Å². The number of carbonyl (C=O) groups excluding carboxylic acids is 2. The zero-order valence-electron chi connectivity index (χ0n) is 17.6. The monoisotopic (exact) mass is 594 g/mol. The molecule has 0 aromatic heterocycles. The number of alkyl halides is 2. The number of hydrogen-bond donors (Lipinski definition) is 3. The molecule has 4 rings (SSSR count). The Morgan fingerprint density at radius 1 is 0.917 bits per heavy atom. The molecule has 2 atom stereocenters. The summed E-state index contributed by atoms with van der Waals surface area (Å²) in [5.74, 6) is -4.91. The first-order valence-electron chi connectivity index (χ1n) is 9.99. The summed E-state index contributed by atoms with van der Waals surface area (Å²) in [5.41, 5.74) is 0.292. The minimum absolute atomic E-state index is 0.0128. The van der Waals surface area contributed by atoms with Crippen LogP contribution in [0.25, 0.3) is 0 Å². The summed E-state index contributed by atoms with van der Waals surface area (Å²) in [7, 11) is 0. The second-order valence-corrected chi connectivity index (χ2v) is 10.5. The van der Waals surface area contributed by atoms with Gasteiger partial charge in [-0.1, -0.05) is 34.8 Å². The Morgan fingerprint density at radius 2 is 1.58 bits per heavy atom. The van der Waals surface area contributed by atoms with E-state index in [4.69, 9.17) is 63.3 Å². The Kier molecular flexibility index (Phi) is 7.57. The zero-order chi connectivity index (χ0) is 26.4. The largest absolute Gasteiger partial charge is 0.337 e. The highest BCUT2D eigenvalue weighted by Crippen LogP contribution is 2.65.